The van der Waals surface area contributed by atoms with Crippen LogP contribution in [0.1, 0.15) is 17.3 Å². The van der Waals surface area contributed by atoms with Gasteiger partial charge in [0.2, 0.25) is 11.8 Å². The number of carbonyl (C=O) groups is 2. The maximum Gasteiger partial charge on any atom is 0.407 e. The highest BCUT2D eigenvalue weighted by Crippen LogP contribution is 2.25. The molecule has 11 nitrogen and oxygen atoms in total. The number of ether oxygens (including phenoxy) is 1. The highest BCUT2D eigenvalue weighted by Gasteiger charge is 2.34. The maximum absolute atomic E-state index is 12.9. The van der Waals surface area contributed by atoms with Crippen molar-refractivity contribution in [3.63, 3.8) is 0 Å². The minimum Gasteiger partial charge on any atom is -0.477 e. The third-order valence-corrected chi connectivity index (χ3v) is 5.14. The van der Waals surface area contributed by atoms with Gasteiger partial charge in [0.15, 0.2) is 0 Å². The molecule has 0 saturated carbocycles. The molecule has 162 valence electrons. The minimum absolute atomic E-state index is 0.123. The van der Waals surface area contributed by atoms with E-state index in [2.05, 4.69) is 20.4 Å². The van der Waals surface area contributed by atoms with Gasteiger partial charge in [-0.05, 0) is 25.1 Å². The van der Waals surface area contributed by atoms with Gasteiger partial charge in [-0.1, -0.05) is 0 Å². The van der Waals surface area contributed by atoms with Crippen LogP contribution in [0.2, 0.25) is 0 Å². The molecule has 0 atom stereocenters. The molecule has 1 aromatic carbocycles. The quantitative estimate of drug-likeness (QED) is 0.612. The van der Waals surface area contributed by atoms with Crippen molar-refractivity contribution in [3.05, 3.63) is 36.2 Å². The van der Waals surface area contributed by atoms with Gasteiger partial charge in [-0.3, -0.25) is 9.48 Å². The first kappa shape index (κ1) is 20.4. The van der Waals surface area contributed by atoms with Gasteiger partial charge in [-0.15, -0.1) is 0 Å². The highest BCUT2D eigenvalue weighted by molar-refractivity contribution is 6.06. The number of benzene rings is 1. The number of aromatic nitrogens is 4. The number of nitrogens with zero attached hydrogens (tertiary/aromatic N) is 6. The number of rotatable bonds is 6. The number of aryl methyl sites for hydroxylation is 1. The number of hydrogen-bond donors (Lipinski definition) is 2. The van der Waals surface area contributed by atoms with E-state index in [0.717, 1.165) is 10.9 Å². The van der Waals surface area contributed by atoms with Crippen LogP contribution >= 0.6 is 0 Å². The molecule has 31 heavy (non-hydrogen) atoms. The van der Waals surface area contributed by atoms with Crippen LogP contribution in [-0.4, -0.2) is 74.5 Å². The summed E-state index contributed by atoms with van der Waals surface area (Å²) >= 11 is 0. The standard InChI is InChI=1S/C20H23N7O4/c1-4-31-18-15(8-21-19(23-18)27-10-14(11-27)26(3)20(29)30)17(28)22-13-5-6-16-12(7-13)9-25(2)24-16/h5-9,14H,4,10-11H2,1-3H3,(H,22,28)(H,29,30). The zero-order valence-corrected chi connectivity index (χ0v) is 17.4. The number of likely N-dealkylation sites (N-methyl/N-ethyl adjacent to an activating group) is 1. The number of nitrogens with one attached hydrogen (secondary N) is 1. The molecule has 4 rings (SSSR count). The van der Waals surface area contributed by atoms with Gasteiger partial charge < -0.3 is 25.0 Å². The van der Waals surface area contributed by atoms with Crippen LogP contribution in [-0.2, 0) is 7.05 Å². The molecule has 2 N–H and O–H groups in total. The first-order valence-corrected chi connectivity index (χ1v) is 9.81. The first-order chi connectivity index (χ1) is 14.9. The Bertz CT molecular complexity index is 1140. The largest absolute Gasteiger partial charge is 0.477 e. The summed E-state index contributed by atoms with van der Waals surface area (Å²) in [5.74, 6) is 0.194. The van der Waals surface area contributed by atoms with Crippen LogP contribution in [0.4, 0.5) is 16.4 Å². The second-order valence-corrected chi connectivity index (χ2v) is 7.30. The summed E-state index contributed by atoms with van der Waals surface area (Å²) in [4.78, 5) is 35.7. The fourth-order valence-electron chi connectivity index (χ4n) is 3.36. The summed E-state index contributed by atoms with van der Waals surface area (Å²) < 4.78 is 7.30. The Morgan fingerprint density at radius 2 is 2.13 bits per heavy atom. The zero-order valence-electron chi connectivity index (χ0n) is 17.4. The summed E-state index contributed by atoms with van der Waals surface area (Å²) in [5.41, 5.74) is 1.68. The van der Waals surface area contributed by atoms with E-state index in [9.17, 15) is 9.59 Å². The van der Waals surface area contributed by atoms with E-state index in [4.69, 9.17) is 9.84 Å². The smallest absolute Gasteiger partial charge is 0.407 e. The topological polar surface area (TPSA) is 126 Å². The predicted octanol–water partition coefficient (Wildman–Crippen LogP) is 1.81. The van der Waals surface area contributed by atoms with Gasteiger partial charge in [-0.25, -0.2) is 9.78 Å². The van der Waals surface area contributed by atoms with Crippen molar-refractivity contribution in [1.82, 2.24) is 24.6 Å². The van der Waals surface area contributed by atoms with Crippen LogP contribution in [0.3, 0.4) is 0 Å². The van der Waals surface area contributed by atoms with Crippen molar-refractivity contribution < 1.29 is 19.4 Å². The Labute approximate surface area is 178 Å². The lowest BCUT2D eigenvalue weighted by Gasteiger charge is -2.42. The number of carbonyl (C=O) groups excluding carboxylic acids is 1. The fraction of sp³-hybridized carbons (Fsp3) is 0.350. The minimum atomic E-state index is -0.975. The Hall–Kier alpha value is -3.89. The molecule has 11 heteroatoms. The summed E-state index contributed by atoms with van der Waals surface area (Å²) in [6, 6.07) is 5.33. The second kappa shape index (κ2) is 8.09. The van der Waals surface area contributed by atoms with Crippen LogP contribution in [0.5, 0.6) is 5.88 Å². The van der Waals surface area contributed by atoms with E-state index < -0.39 is 6.09 Å². The van der Waals surface area contributed by atoms with Gasteiger partial charge >= 0.3 is 6.09 Å². The number of fused-ring (bicyclic) bond motifs is 1. The van der Waals surface area contributed by atoms with Gasteiger partial charge in [0, 0.05) is 50.7 Å². The predicted molar refractivity (Wildman–Crippen MR) is 114 cm³/mol. The molecule has 1 aliphatic rings. The molecule has 3 aromatic rings. The normalized spacial score (nSPS) is 13.7. The SMILES string of the molecule is CCOc1nc(N2CC(N(C)C(=O)O)C2)ncc1C(=O)Nc1ccc2nn(C)cc2c1. The second-order valence-electron chi connectivity index (χ2n) is 7.30. The van der Waals surface area contributed by atoms with E-state index in [1.807, 2.05) is 30.3 Å². The fourth-order valence-corrected chi connectivity index (χ4v) is 3.36. The lowest BCUT2D eigenvalue weighted by Crippen LogP contribution is -2.60. The summed E-state index contributed by atoms with van der Waals surface area (Å²) in [7, 11) is 3.37. The van der Waals surface area contributed by atoms with E-state index in [1.165, 1.54) is 18.1 Å². The van der Waals surface area contributed by atoms with Crippen molar-refractivity contribution in [2.24, 2.45) is 7.05 Å². The molecule has 0 spiro atoms. The van der Waals surface area contributed by atoms with Crippen LogP contribution in [0.15, 0.2) is 30.6 Å². The lowest BCUT2D eigenvalue weighted by molar-refractivity contribution is 0.102. The number of amides is 2. The van der Waals surface area contributed by atoms with Gasteiger partial charge in [0.1, 0.15) is 5.56 Å². The van der Waals surface area contributed by atoms with E-state index in [0.29, 0.717) is 31.3 Å². The molecule has 1 fully saturated rings. The van der Waals surface area contributed by atoms with Gasteiger partial charge in [-0.2, -0.15) is 10.1 Å². The maximum atomic E-state index is 12.9. The molecule has 0 bridgehead atoms. The molecule has 1 aliphatic heterocycles. The molecule has 1 saturated heterocycles. The molecule has 0 radical (unpaired) electrons. The van der Waals surface area contributed by atoms with Crippen LogP contribution in [0.25, 0.3) is 10.9 Å². The van der Waals surface area contributed by atoms with Gasteiger partial charge in [0.05, 0.1) is 18.2 Å². The lowest BCUT2D eigenvalue weighted by atomic mass is 10.1. The average molecular weight is 425 g/mol. The zero-order chi connectivity index (χ0) is 22.1. The monoisotopic (exact) mass is 425 g/mol. The number of hydrogen-bond acceptors (Lipinski definition) is 7. The van der Waals surface area contributed by atoms with E-state index >= 15 is 0 Å². The summed E-state index contributed by atoms with van der Waals surface area (Å²) in [5, 5.41) is 17.2. The van der Waals surface area contributed by atoms with Crippen molar-refractivity contribution in [2.45, 2.75) is 13.0 Å². The molecule has 0 aliphatic carbocycles. The van der Waals surface area contributed by atoms with Gasteiger partial charge in [0.25, 0.3) is 5.91 Å². The van der Waals surface area contributed by atoms with Crippen molar-refractivity contribution in [2.75, 3.05) is 37.0 Å². The summed E-state index contributed by atoms with van der Waals surface area (Å²) in [6.45, 7) is 3.10. The Morgan fingerprint density at radius 1 is 1.35 bits per heavy atom. The average Bonchev–Trinajstić information content (AvgIpc) is 3.06. The highest BCUT2D eigenvalue weighted by atomic mass is 16.5. The van der Waals surface area contributed by atoms with Crippen LogP contribution in [0, 0.1) is 0 Å². The molecular formula is C20H23N7O4. The Kier molecular flexibility index (Phi) is 5.32. The van der Waals surface area contributed by atoms with E-state index in [1.54, 1.807) is 17.7 Å². The molecule has 2 amide bonds. The first-order valence-electron chi connectivity index (χ1n) is 9.81. The number of carboxylic acid groups (broad SMARTS) is 1. The molecule has 2 aromatic heterocycles. The number of anilines is 2. The van der Waals surface area contributed by atoms with Crippen molar-refractivity contribution in [3.8, 4) is 5.88 Å². The molecular weight excluding hydrogens is 402 g/mol. The third-order valence-electron chi connectivity index (χ3n) is 5.14. The Morgan fingerprint density at radius 3 is 2.84 bits per heavy atom. The molecule has 3 heterocycles. The van der Waals surface area contributed by atoms with Crippen molar-refractivity contribution >= 4 is 34.5 Å². The third kappa shape index (κ3) is 4.06. The van der Waals surface area contributed by atoms with Crippen LogP contribution < -0.4 is 15.0 Å². The van der Waals surface area contributed by atoms with E-state index in [-0.39, 0.29) is 23.4 Å². The molecule has 0 unspecified atom stereocenters. The van der Waals surface area contributed by atoms with Crippen molar-refractivity contribution in [1.29, 1.82) is 0 Å². The Balaban J connectivity index is 1.50. The summed E-state index contributed by atoms with van der Waals surface area (Å²) in [6.07, 6.45) is 2.33.